The Morgan fingerprint density at radius 2 is 1.10 bits per heavy atom. The third kappa shape index (κ3) is 2.35. The highest BCUT2D eigenvalue weighted by atomic mass is 14.1. The molecule has 0 spiro atoms. The van der Waals surface area contributed by atoms with E-state index in [9.17, 15) is 0 Å². The van der Waals surface area contributed by atoms with Gasteiger partial charge in [0, 0.05) is 5.56 Å². The lowest BCUT2D eigenvalue weighted by Crippen LogP contribution is -1.85. The van der Waals surface area contributed by atoms with Crippen LogP contribution in [0, 0.1) is 12.3 Å². The summed E-state index contributed by atoms with van der Waals surface area (Å²) >= 11 is 0. The minimum atomic E-state index is 0.943. The average Bonchev–Trinajstić information content (AvgIpc) is 2.52. The summed E-state index contributed by atoms with van der Waals surface area (Å²) in [5.41, 5.74) is 6.08. The molecule has 0 saturated heterocycles. The molecule has 0 heterocycles. The van der Waals surface area contributed by atoms with E-state index in [1.807, 2.05) is 42.5 Å². The Labute approximate surface area is 119 Å². The molecule has 0 radical (unpaired) electrons. The fourth-order valence-corrected chi connectivity index (χ4v) is 2.14. The maximum absolute atomic E-state index is 5.44. The van der Waals surface area contributed by atoms with Gasteiger partial charge in [-0.05, 0) is 28.3 Å². The minimum Gasteiger partial charge on any atom is -0.115 e. The van der Waals surface area contributed by atoms with Crippen LogP contribution >= 0.6 is 0 Å². The molecule has 0 aliphatic heterocycles. The van der Waals surface area contributed by atoms with E-state index in [1.54, 1.807) is 0 Å². The molecule has 20 heavy (non-hydrogen) atoms. The van der Waals surface area contributed by atoms with Gasteiger partial charge in [0.25, 0.3) is 0 Å². The van der Waals surface area contributed by atoms with Gasteiger partial charge < -0.3 is 0 Å². The van der Waals surface area contributed by atoms with Crippen molar-refractivity contribution in [1.29, 1.82) is 0 Å². The van der Waals surface area contributed by atoms with Crippen molar-refractivity contribution in [2.24, 2.45) is 0 Å². The number of benzene rings is 3. The predicted molar refractivity (Wildman–Crippen MR) is 85.2 cm³/mol. The van der Waals surface area contributed by atoms with Gasteiger partial charge >= 0.3 is 0 Å². The van der Waals surface area contributed by atoms with Crippen LogP contribution in [-0.2, 0) is 0 Å². The molecule has 0 saturated carbocycles. The normalized spacial score (nSPS) is 9.95. The second kappa shape index (κ2) is 5.47. The molecule has 0 fully saturated rings. The lowest BCUT2D eigenvalue weighted by atomic mass is 9.95. The van der Waals surface area contributed by atoms with Crippen LogP contribution in [0.2, 0.25) is 0 Å². The van der Waals surface area contributed by atoms with Crippen LogP contribution in [0.5, 0.6) is 0 Å². The van der Waals surface area contributed by atoms with Crippen LogP contribution in [-0.4, -0.2) is 0 Å². The van der Waals surface area contributed by atoms with Crippen molar-refractivity contribution in [1.82, 2.24) is 0 Å². The maximum atomic E-state index is 5.44. The van der Waals surface area contributed by atoms with Gasteiger partial charge in [0.05, 0.1) is 0 Å². The first-order chi connectivity index (χ1) is 9.88. The summed E-state index contributed by atoms with van der Waals surface area (Å²) in [6.07, 6.45) is 5.44. The maximum Gasteiger partial charge on any atom is 0.0321 e. The van der Waals surface area contributed by atoms with Crippen molar-refractivity contribution in [3.05, 3.63) is 84.4 Å². The molecule has 0 amide bonds. The van der Waals surface area contributed by atoms with Crippen molar-refractivity contribution >= 4 is 0 Å². The zero-order valence-electron chi connectivity index (χ0n) is 11.1. The summed E-state index contributed by atoms with van der Waals surface area (Å²) in [6, 6.07) is 26.6. The van der Waals surface area contributed by atoms with Crippen molar-refractivity contribution < 1.29 is 0 Å². The van der Waals surface area contributed by atoms with E-state index in [4.69, 9.17) is 6.42 Å². The summed E-state index contributed by atoms with van der Waals surface area (Å²) in [7, 11) is 0. The molecular weight excluding hydrogens is 240 g/mol. The Balaban J connectivity index is 0.000000165. The highest BCUT2D eigenvalue weighted by molar-refractivity contribution is 5.75. The Kier molecular flexibility index (Phi) is 3.35. The molecular formula is C20H14. The number of fused-ring (bicyclic) bond motifs is 1. The summed E-state index contributed by atoms with van der Waals surface area (Å²) in [5, 5.41) is 0. The Morgan fingerprint density at radius 3 is 1.60 bits per heavy atom. The van der Waals surface area contributed by atoms with Gasteiger partial charge in [-0.3, -0.25) is 0 Å². The summed E-state index contributed by atoms with van der Waals surface area (Å²) in [5.74, 6) is 2.69. The number of hydrogen-bond donors (Lipinski definition) is 0. The molecule has 0 unspecified atom stereocenters. The highest BCUT2D eigenvalue weighted by Crippen LogP contribution is 2.29. The van der Waals surface area contributed by atoms with Crippen molar-refractivity contribution in [3.8, 4) is 34.6 Å². The van der Waals surface area contributed by atoms with E-state index in [1.165, 1.54) is 16.7 Å². The van der Waals surface area contributed by atoms with Crippen molar-refractivity contribution in [3.63, 3.8) is 0 Å². The third-order valence-electron chi connectivity index (χ3n) is 3.39. The molecule has 0 heteroatoms. The summed E-state index contributed by atoms with van der Waals surface area (Å²) < 4.78 is 0. The van der Waals surface area contributed by atoms with E-state index in [2.05, 4.69) is 42.3 Å². The molecule has 2 aliphatic rings. The molecule has 0 bridgehead atoms. The van der Waals surface area contributed by atoms with Crippen LogP contribution in [0.3, 0.4) is 0 Å². The lowest BCUT2D eigenvalue weighted by molar-refractivity contribution is 1.55. The fraction of sp³-hybridized carbons (Fsp3) is 0. The second-order valence-corrected chi connectivity index (χ2v) is 4.63. The van der Waals surface area contributed by atoms with E-state index in [-0.39, 0.29) is 0 Å². The third-order valence-corrected chi connectivity index (χ3v) is 3.39. The van der Waals surface area contributed by atoms with Crippen molar-refractivity contribution in [2.45, 2.75) is 0 Å². The molecule has 94 valence electrons. The lowest BCUT2D eigenvalue weighted by Gasteiger charge is -2.10. The average molecular weight is 254 g/mol. The van der Waals surface area contributed by atoms with E-state index in [0.29, 0.717) is 0 Å². The largest absolute Gasteiger partial charge is 0.115 e. The summed E-state index contributed by atoms with van der Waals surface area (Å²) in [6.45, 7) is 0. The van der Waals surface area contributed by atoms with Crippen LogP contribution in [0.4, 0.5) is 0 Å². The minimum absolute atomic E-state index is 0.943. The number of terminal acetylenes is 1. The number of hydrogen-bond acceptors (Lipinski definition) is 0. The van der Waals surface area contributed by atoms with Crippen LogP contribution in [0.15, 0.2) is 78.9 Å². The molecule has 0 aromatic heterocycles. The first-order valence-electron chi connectivity index (χ1n) is 6.60. The van der Waals surface area contributed by atoms with Gasteiger partial charge in [0.1, 0.15) is 0 Å². The quantitative estimate of drug-likeness (QED) is 0.419. The topological polar surface area (TPSA) is 0 Å². The SMILES string of the molecule is C#Cc1ccccc1-c1ccccc1.c1cc2ccc1-2. The summed E-state index contributed by atoms with van der Waals surface area (Å²) in [4.78, 5) is 0. The highest BCUT2D eigenvalue weighted by Gasteiger charge is 2.04. The van der Waals surface area contributed by atoms with Gasteiger partial charge in [-0.1, -0.05) is 78.7 Å². The van der Waals surface area contributed by atoms with Crippen LogP contribution in [0.1, 0.15) is 5.56 Å². The van der Waals surface area contributed by atoms with Gasteiger partial charge in [-0.25, -0.2) is 0 Å². The molecule has 0 atom stereocenters. The Morgan fingerprint density at radius 1 is 0.550 bits per heavy atom. The zero-order chi connectivity index (χ0) is 13.8. The van der Waals surface area contributed by atoms with E-state index in [0.717, 1.165) is 11.1 Å². The van der Waals surface area contributed by atoms with E-state index >= 15 is 0 Å². The molecule has 2 aliphatic carbocycles. The van der Waals surface area contributed by atoms with Crippen LogP contribution < -0.4 is 0 Å². The molecule has 2 aromatic rings. The first kappa shape index (κ1) is 12.3. The second-order valence-electron chi connectivity index (χ2n) is 4.63. The molecule has 0 N–H and O–H groups in total. The fourth-order valence-electron chi connectivity index (χ4n) is 2.14. The van der Waals surface area contributed by atoms with Crippen LogP contribution in [0.25, 0.3) is 22.3 Å². The van der Waals surface area contributed by atoms with Gasteiger partial charge in [0.2, 0.25) is 0 Å². The molecule has 2 aromatic carbocycles. The van der Waals surface area contributed by atoms with Crippen molar-refractivity contribution in [2.75, 3.05) is 0 Å². The van der Waals surface area contributed by atoms with Gasteiger partial charge in [-0.15, -0.1) is 6.42 Å². The standard InChI is InChI=1S/C14H10.C6H4/c1-2-12-8-6-7-11-14(12)13-9-4-3-5-10-13;1-2-6-4-3-5(1)6/h1,3-11H;1-4H. The first-order valence-corrected chi connectivity index (χ1v) is 6.60. The monoisotopic (exact) mass is 254 g/mol. The molecule has 4 rings (SSSR count). The molecule has 0 nitrogen and oxygen atoms in total. The Hall–Kier alpha value is -2.78. The number of rotatable bonds is 1. The van der Waals surface area contributed by atoms with E-state index < -0.39 is 0 Å². The predicted octanol–water partition coefficient (Wildman–Crippen LogP) is 5.00. The van der Waals surface area contributed by atoms with Gasteiger partial charge in [0.15, 0.2) is 0 Å². The zero-order valence-corrected chi connectivity index (χ0v) is 11.1. The Bertz CT molecular complexity index is 723. The van der Waals surface area contributed by atoms with Gasteiger partial charge in [-0.2, -0.15) is 0 Å². The smallest absolute Gasteiger partial charge is 0.0321 e.